The predicted molar refractivity (Wildman–Crippen MR) is 67.2 cm³/mol. The van der Waals surface area contributed by atoms with Gasteiger partial charge in [0, 0.05) is 10.0 Å². The molecule has 82 valence electrons. The van der Waals surface area contributed by atoms with Gasteiger partial charge >= 0.3 is 5.97 Å². The molecule has 0 aliphatic heterocycles. The number of halogens is 2. The van der Waals surface area contributed by atoms with E-state index in [9.17, 15) is 4.79 Å². The van der Waals surface area contributed by atoms with E-state index < -0.39 is 5.97 Å². The summed E-state index contributed by atoms with van der Waals surface area (Å²) in [4.78, 5) is 15.3. The van der Waals surface area contributed by atoms with Gasteiger partial charge in [0.25, 0.3) is 0 Å². The van der Waals surface area contributed by atoms with E-state index >= 15 is 0 Å². The van der Waals surface area contributed by atoms with Crippen molar-refractivity contribution in [2.75, 3.05) is 0 Å². The molecular weight excluding hydrogens is 314 g/mol. The largest absolute Gasteiger partial charge is 0.476 e. The number of carboxylic acid groups (broad SMARTS) is 1. The lowest BCUT2D eigenvalue weighted by Gasteiger charge is -2.02. The maximum Gasteiger partial charge on any atom is 0.356 e. The van der Waals surface area contributed by atoms with Crippen LogP contribution in [0, 0.1) is 0 Å². The number of aromatic carboxylic acids is 1. The topological polar surface area (TPSA) is 50.2 Å². The van der Waals surface area contributed by atoms with Crippen LogP contribution in [0.1, 0.15) is 10.5 Å². The van der Waals surface area contributed by atoms with Gasteiger partial charge in [0.2, 0.25) is 0 Å². The average Bonchev–Trinajstić information content (AvgIpc) is 2.66. The first kappa shape index (κ1) is 11.6. The Kier molecular flexibility index (Phi) is 3.28. The Morgan fingerprint density at radius 1 is 1.50 bits per heavy atom. The molecule has 3 nitrogen and oxygen atoms in total. The Morgan fingerprint density at radius 2 is 2.25 bits per heavy atom. The number of hydrogen-bond acceptors (Lipinski definition) is 3. The zero-order chi connectivity index (χ0) is 11.7. The lowest BCUT2D eigenvalue weighted by Crippen LogP contribution is -1.98. The van der Waals surface area contributed by atoms with E-state index in [4.69, 9.17) is 16.7 Å². The van der Waals surface area contributed by atoms with Crippen LogP contribution in [-0.4, -0.2) is 16.1 Å². The highest BCUT2D eigenvalue weighted by molar-refractivity contribution is 9.10. The van der Waals surface area contributed by atoms with Crippen molar-refractivity contribution in [3.05, 3.63) is 38.9 Å². The van der Waals surface area contributed by atoms with Gasteiger partial charge in [-0.2, -0.15) is 0 Å². The van der Waals surface area contributed by atoms with Crippen molar-refractivity contribution >= 4 is 44.8 Å². The maximum absolute atomic E-state index is 10.9. The van der Waals surface area contributed by atoms with Crippen LogP contribution >= 0.6 is 38.9 Å². The molecule has 1 N–H and O–H groups in total. The van der Waals surface area contributed by atoms with Gasteiger partial charge in [-0.15, -0.1) is 11.3 Å². The molecule has 1 heterocycles. The van der Waals surface area contributed by atoms with E-state index in [1.807, 2.05) is 6.07 Å². The Morgan fingerprint density at radius 3 is 2.88 bits per heavy atom. The molecule has 0 aliphatic rings. The number of nitrogens with zero attached hydrogens (tertiary/aromatic N) is 1. The van der Waals surface area contributed by atoms with Gasteiger partial charge in [-0.25, -0.2) is 9.78 Å². The van der Waals surface area contributed by atoms with Gasteiger partial charge < -0.3 is 5.11 Å². The molecule has 1 aromatic heterocycles. The Hall–Kier alpha value is -0.910. The standard InChI is InChI=1S/C10H5BrClNO2S/c11-5-1-2-6(7(12)3-5)9-8(10(14)15)13-4-16-9/h1-4H,(H,14,15). The van der Waals surface area contributed by atoms with Gasteiger partial charge in [0.15, 0.2) is 5.69 Å². The third-order valence-electron chi connectivity index (χ3n) is 1.95. The molecule has 16 heavy (non-hydrogen) atoms. The zero-order valence-electron chi connectivity index (χ0n) is 7.78. The van der Waals surface area contributed by atoms with Crippen molar-refractivity contribution in [2.24, 2.45) is 0 Å². The number of aromatic nitrogens is 1. The minimum Gasteiger partial charge on any atom is -0.476 e. The van der Waals surface area contributed by atoms with Crippen LogP contribution in [0.2, 0.25) is 5.02 Å². The first-order chi connectivity index (χ1) is 7.59. The summed E-state index contributed by atoms with van der Waals surface area (Å²) in [6.45, 7) is 0. The molecule has 0 saturated carbocycles. The predicted octanol–water partition coefficient (Wildman–Crippen LogP) is 3.92. The van der Waals surface area contributed by atoms with Gasteiger partial charge in [-0.05, 0) is 12.1 Å². The Balaban J connectivity index is 2.59. The fraction of sp³-hybridized carbons (Fsp3) is 0. The van der Waals surface area contributed by atoms with Crippen LogP contribution in [0.15, 0.2) is 28.2 Å². The van der Waals surface area contributed by atoms with Gasteiger partial charge in [-0.3, -0.25) is 0 Å². The third kappa shape index (κ3) is 2.11. The number of benzene rings is 1. The Bertz CT molecular complexity index is 556. The zero-order valence-corrected chi connectivity index (χ0v) is 10.9. The second-order valence-corrected chi connectivity index (χ2v) is 5.14. The average molecular weight is 319 g/mol. The van der Waals surface area contributed by atoms with E-state index in [2.05, 4.69) is 20.9 Å². The first-order valence-electron chi connectivity index (χ1n) is 4.22. The molecule has 0 aliphatic carbocycles. The molecule has 0 fully saturated rings. The van der Waals surface area contributed by atoms with Crippen molar-refractivity contribution < 1.29 is 9.90 Å². The summed E-state index contributed by atoms with van der Waals surface area (Å²) in [5.41, 5.74) is 2.22. The SMILES string of the molecule is O=C(O)c1ncsc1-c1ccc(Br)cc1Cl. The quantitative estimate of drug-likeness (QED) is 0.913. The van der Waals surface area contributed by atoms with Crippen molar-refractivity contribution in [1.29, 1.82) is 0 Å². The summed E-state index contributed by atoms with van der Waals surface area (Å²) < 4.78 is 0.850. The molecular formula is C10H5BrClNO2S. The van der Waals surface area contributed by atoms with E-state index in [0.29, 0.717) is 15.5 Å². The van der Waals surface area contributed by atoms with Crippen LogP contribution < -0.4 is 0 Å². The van der Waals surface area contributed by atoms with Crippen LogP contribution in [0.5, 0.6) is 0 Å². The highest BCUT2D eigenvalue weighted by atomic mass is 79.9. The minimum absolute atomic E-state index is 0.0363. The molecule has 2 rings (SSSR count). The molecule has 2 aromatic rings. The summed E-state index contributed by atoms with van der Waals surface area (Å²) >= 11 is 10.6. The first-order valence-corrected chi connectivity index (χ1v) is 6.27. The van der Waals surface area contributed by atoms with E-state index in [1.54, 1.807) is 12.1 Å². The number of carboxylic acids is 1. The smallest absolute Gasteiger partial charge is 0.356 e. The molecule has 0 spiro atoms. The second kappa shape index (κ2) is 4.53. The summed E-state index contributed by atoms with van der Waals surface area (Å²) in [6.07, 6.45) is 0. The molecule has 0 bridgehead atoms. The third-order valence-corrected chi connectivity index (χ3v) is 3.61. The number of carbonyl (C=O) groups is 1. The maximum atomic E-state index is 10.9. The molecule has 0 atom stereocenters. The van der Waals surface area contributed by atoms with Crippen molar-refractivity contribution in [2.45, 2.75) is 0 Å². The molecule has 6 heteroatoms. The summed E-state index contributed by atoms with van der Waals surface area (Å²) in [5, 5.41) is 9.45. The summed E-state index contributed by atoms with van der Waals surface area (Å²) in [7, 11) is 0. The van der Waals surface area contributed by atoms with Crippen molar-refractivity contribution in [1.82, 2.24) is 4.98 Å². The van der Waals surface area contributed by atoms with E-state index in [0.717, 1.165) is 4.47 Å². The highest BCUT2D eigenvalue weighted by Gasteiger charge is 2.17. The summed E-state index contributed by atoms with van der Waals surface area (Å²) in [6, 6.07) is 5.31. The van der Waals surface area contributed by atoms with Crippen LogP contribution in [-0.2, 0) is 0 Å². The molecule has 0 amide bonds. The fourth-order valence-corrected chi connectivity index (χ4v) is 2.91. The van der Waals surface area contributed by atoms with Gasteiger partial charge in [0.05, 0.1) is 15.4 Å². The lowest BCUT2D eigenvalue weighted by molar-refractivity contribution is 0.0692. The minimum atomic E-state index is -1.05. The Labute approximate surface area is 109 Å². The molecule has 0 saturated heterocycles. The molecule has 1 aromatic carbocycles. The second-order valence-electron chi connectivity index (χ2n) is 2.96. The van der Waals surface area contributed by atoms with Gasteiger partial charge in [-0.1, -0.05) is 33.6 Å². The van der Waals surface area contributed by atoms with Crippen molar-refractivity contribution in [3.8, 4) is 10.4 Å². The summed E-state index contributed by atoms with van der Waals surface area (Å²) in [5.74, 6) is -1.05. The van der Waals surface area contributed by atoms with Crippen molar-refractivity contribution in [3.63, 3.8) is 0 Å². The highest BCUT2D eigenvalue weighted by Crippen LogP contribution is 2.34. The number of thiazole rings is 1. The lowest BCUT2D eigenvalue weighted by atomic mass is 10.1. The fourth-order valence-electron chi connectivity index (χ4n) is 1.26. The van der Waals surface area contributed by atoms with E-state index in [-0.39, 0.29) is 5.69 Å². The number of hydrogen-bond donors (Lipinski definition) is 1. The van der Waals surface area contributed by atoms with Gasteiger partial charge in [0.1, 0.15) is 0 Å². The van der Waals surface area contributed by atoms with E-state index in [1.165, 1.54) is 16.8 Å². The molecule has 0 unspecified atom stereocenters. The number of rotatable bonds is 2. The monoisotopic (exact) mass is 317 g/mol. The van der Waals surface area contributed by atoms with Crippen LogP contribution in [0.4, 0.5) is 0 Å². The molecule has 0 radical (unpaired) electrons. The van der Waals surface area contributed by atoms with Crippen LogP contribution in [0.25, 0.3) is 10.4 Å². The van der Waals surface area contributed by atoms with Crippen LogP contribution in [0.3, 0.4) is 0 Å². The normalized spacial score (nSPS) is 10.4.